The molecule has 0 aliphatic carbocycles. The summed E-state index contributed by atoms with van der Waals surface area (Å²) in [4.78, 5) is 9.56. The molecule has 3 nitrogen and oxygen atoms in total. The first-order valence-electron chi connectivity index (χ1n) is 4.37. The Bertz CT molecular complexity index is 454. The molecule has 0 heterocycles. The Morgan fingerprint density at radius 3 is 1.04 bits per heavy atom. The van der Waals surface area contributed by atoms with Crippen LogP contribution in [0.5, 0.6) is 0 Å². The van der Waals surface area contributed by atoms with Gasteiger partial charge in [0.15, 0.2) is 0 Å². The Kier molecular flexibility index (Phi) is 5.74. The lowest BCUT2D eigenvalue weighted by atomic mass is 9.94. The van der Waals surface area contributed by atoms with Gasteiger partial charge in [-0.3, -0.25) is 0 Å². The van der Waals surface area contributed by atoms with Gasteiger partial charge in [0.1, 0.15) is 5.97 Å². The normalized spacial score (nSPS) is 15.2. The van der Waals surface area contributed by atoms with E-state index in [1.165, 1.54) is 0 Å². The van der Waals surface area contributed by atoms with Crippen LogP contribution in [0.15, 0.2) is 0 Å². The van der Waals surface area contributed by atoms with Crippen molar-refractivity contribution < 1.29 is 67.0 Å². The number of halogens is 13. The maximum atomic E-state index is 12.6. The number of carboxylic acids is 1. The van der Waals surface area contributed by atoms with Gasteiger partial charge < -0.3 is 16.1 Å². The minimum Gasteiger partial charge on any atom is -0.544 e. The molecule has 0 fully saturated rings. The Hall–Kier alpha value is -1.48. The molecule has 0 aromatic rings. The van der Waals surface area contributed by atoms with Crippen LogP contribution in [-0.2, 0) is 4.79 Å². The van der Waals surface area contributed by atoms with Gasteiger partial charge in [-0.05, 0) is 0 Å². The molecule has 0 aliphatic rings. The lowest BCUT2D eigenvalue weighted by Crippen LogP contribution is -2.72. The van der Waals surface area contributed by atoms with Crippen LogP contribution in [-0.4, -0.2) is 41.8 Å². The maximum absolute atomic E-state index is 12.6. The summed E-state index contributed by atoms with van der Waals surface area (Å²) in [6.45, 7) is 0. The monoisotopic (exact) mass is 381 g/mol. The quantitative estimate of drug-likeness (QED) is 0.744. The number of quaternary nitrogens is 1. The fraction of sp³-hybridized carbons (Fsp3) is 0.857. The molecule has 23 heavy (non-hydrogen) atoms. The number of rotatable bonds is 5. The Labute approximate surface area is 116 Å². The predicted molar refractivity (Wildman–Crippen MR) is 41.8 cm³/mol. The van der Waals surface area contributed by atoms with Gasteiger partial charge in [-0.15, -0.1) is 0 Å². The topological polar surface area (TPSA) is 76.6 Å². The second kappa shape index (κ2) is 5.55. The summed E-state index contributed by atoms with van der Waals surface area (Å²) >= 11 is 0. The van der Waals surface area contributed by atoms with E-state index in [2.05, 4.69) is 0 Å². The third-order valence-corrected chi connectivity index (χ3v) is 2.19. The summed E-state index contributed by atoms with van der Waals surface area (Å²) in [7, 11) is 0. The smallest absolute Gasteiger partial charge is 0.460 e. The summed E-state index contributed by atoms with van der Waals surface area (Å²) in [6.07, 6.45) is -7.53. The molecule has 0 saturated carbocycles. The van der Waals surface area contributed by atoms with E-state index in [0.29, 0.717) is 0 Å². The van der Waals surface area contributed by atoms with Crippen LogP contribution >= 0.6 is 0 Å². The number of carbonyl (C=O) groups is 1. The fourth-order valence-electron chi connectivity index (χ4n) is 0.898. The van der Waals surface area contributed by atoms with Gasteiger partial charge >= 0.3 is 35.8 Å². The van der Waals surface area contributed by atoms with Crippen molar-refractivity contribution in [3.8, 4) is 0 Å². The maximum Gasteiger partial charge on any atom is 0.460 e. The van der Waals surface area contributed by atoms with E-state index in [1.807, 2.05) is 0 Å². The van der Waals surface area contributed by atoms with Gasteiger partial charge in [0, 0.05) is 0 Å². The molecule has 0 aromatic carbocycles. The van der Waals surface area contributed by atoms with E-state index in [-0.39, 0.29) is 6.15 Å². The number of aliphatic carboxylic acids is 1. The number of carboxylic acid groups (broad SMARTS) is 1. The average Bonchev–Trinajstić information content (AvgIpc) is 2.25. The highest BCUT2D eigenvalue weighted by Crippen LogP contribution is 2.60. The van der Waals surface area contributed by atoms with Gasteiger partial charge in [-0.1, -0.05) is 0 Å². The molecule has 0 atom stereocenters. The zero-order chi connectivity index (χ0) is 18.6. The Morgan fingerprint density at radius 1 is 0.565 bits per heavy atom. The number of alkyl halides is 13. The second-order valence-corrected chi connectivity index (χ2v) is 3.66. The van der Waals surface area contributed by atoms with Gasteiger partial charge in [-0.2, -0.15) is 57.1 Å². The van der Waals surface area contributed by atoms with Gasteiger partial charge in [0.05, 0.1) is 0 Å². The summed E-state index contributed by atoms with van der Waals surface area (Å²) in [6, 6.07) is 0. The molecule has 0 unspecified atom stereocenters. The summed E-state index contributed by atoms with van der Waals surface area (Å²) in [5.41, 5.74) is 0. The minimum absolute atomic E-state index is 0. The van der Waals surface area contributed by atoms with E-state index in [4.69, 9.17) is 0 Å². The highest BCUT2D eigenvalue weighted by atomic mass is 19.4. The number of hydrogen-bond acceptors (Lipinski definition) is 2. The summed E-state index contributed by atoms with van der Waals surface area (Å²) in [5, 5.41) is 9.56. The van der Waals surface area contributed by atoms with Crippen molar-refractivity contribution in [3.63, 3.8) is 0 Å². The lowest BCUT2D eigenvalue weighted by molar-refractivity contribution is -0.443. The van der Waals surface area contributed by atoms with Crippen molar-refractivity contribution in [2.45, 2.75) is 35.8 Å². The van der Waals surface area contributed by atoms with Crippen molar-refractivity contribution in [2.75, 3.05) is 0 Å². The molecule has 0 amide bonds. The van der Waals surface area contributed by atoms with E-state index in [9.17, 15) is 67.0 Å². The lowest BCUT2D eigenvalue weighted by Gasteiger charge is -2.39. The standard InChI is InChI=1S/C7HF13O2.H3N/c8-2(9,1(21)22)3(10,11)4(12,13)5(14,15)6(16,17)7(18,19)20;/h(H,21,22);1H3. The zero-order valence-electron chi connectivity index (χ0n) is 10.2. The third kappa shape index (κ3) is 2.87. The molecule has 0 bridgehead atoms. The molecule has 0 aromatic heterocycles. The molecule has 4 N–H and O–H groups in total. The van der Waals surface area contributed by atoms with Gasteiger partial charge in [0.25, 0.3) is 0 Å². The van der Waals surface area contributed by atoms with Crippen LogP contribution < -0.4 is 11.3 Å². The zero-order valence-corrected chi connectivity index (χ0v) is 10.2. The molecule has 16 heteroatoms. The first-order valence-corrected chi connectivity index (χ1v) is 4.37. The van der Waals surface area contributed by atoms with Crippen LogP contribution in [0.1, 0.15) is 0 Å². The van der Waals surface area contributed by atoms with Crippen LogP contribution in [0.2, 0.25) is 0 Å². The summed E-state index contributed by atoms with van der Waals surface area (Å²) in [5.74, 6) is -43.5. The second-order valence-electron chi connectivity index (χ2n) is 3.66. The molecular formula is C7H4F13NO2. The first-order chi connectivity index (χ1) is 9.19. The number of carbonyl (C=O) groups excluding carboxylic acids is 1. The van der Waals surface area contributed by atoms with Crippen molar-refractivity contribution in [1.29, 1.82) is 0 Å². The Morgan fingerprint density at radius 2 is 0.826 bits per heavy atom. The SMILES string of the molecule is O=C([O-])C(F)(F)C(F)(F)C(F)(F)C(F)(F)C(F)(F)C(F)(F)F.[NH4+]. The molecule has 0 aliphatic heterocycles. The minimum atomic E-state index is -8.11. The highest BCUT2D eigenvalue weighted by molar-refractivity contribution is 5.75. The van der Waals surface area contributed by atoms with Crippen LogP contribution in [0, 0.1) is 0 Å². The van der Waals surface area contributed by atoms with E-state index < -0.39 is 41.8 Å². The largest absolute Gasteiger partial charge is 0.544 e. The molecular weight excluding hydrogens is 377 g/mol. The van der Waals surface area contributed by atoms with E-state index in [1.54, 1.807) is 0 Å². The predicted octanol–water partition coefficient (Wildman–Crippen LogP) is 2.85. The van der Waals surface area contributed by atoms with E-state index >= 15 is 0 Å². The fourth-order valence-corrected chi connectivity index (χ4v) is 0.898. The summed E-state index contributed by atoms with van der Waals surface area (Å²) < 4.78 is 159. The molecule has 0 rings (SSSR count). The molecule has 0 saturated heterocycles. The van der Waals surface area contributed by atoms with Crippen LogP contribution in [0.4, 0.5) is 57.1 Å². The van der Waals surface area contributed by atoms with E-state index in [0.717, 1.165) is 0 Å². The molecule has 0 radical (unpaired) electrons. The van der Waals surface area contributed by atoms with Crippen molar-refractivity contribution in [2.24, 2.45) is 0 Å². The molecule has 140 valence electrons. The Balaban J connectivity index is 0. The molecule has 0 spiro atoms. The first kappa shape index (κ1) is 23.8. The van der Waals surface area contributed by atoms with Crippen molar-refractivity contribution in [3.05, 3.63) is 0 Å². The van der Waals surface area contributed by atoms with Gasteiger partial charge in [0.2, 0.25) is 0 Å². The van der Waals surface area contributed by atoms with Crippen molar-refractivity contribution in [1.82, 2.24) is 6.15 Å². The van der Waals surface area contributed by atoms with Crippen LogP contribution in [0.3, 0.4) is 0 Å². The third-order valence-electron chi connectivity index (χ3n) is 2.19. The average molecular weight is 381 g/mol. The highest BCUT2D eigenvalue weighted by Gasteiger charge is 2.90. The number of hydrogen-bond donors (Lipinski definition) is 1. The van der Waals surface area contributed by atoms with Gasteiger partial charge in [-0.25, -0.2) is 0 Å². The van der Waals surface area contributed by atoms with Crippen molar-refractivity contribution >= 4 is 5.97 Å². The van der Waals surface area contributed by atoms with Crippen LogP contribution in [0.25, 0.3) is 0 Å².